The van der Waals surface area contributed by atoms with Gasteiger partial charge in [-0.1, -0.05) is 30.3 Å². The fraction of sp³-hybridized carbons (Fsp3) is 0.308. The van der Waals surface area contributed by atoms with Crippen molar-refractivity contribution in [2.24, 2.45) is 5.73 Å². The van der Waals surface area contributed by atoms with E-state index in [9.17, 15) is 0 Å². The van der Waals surface area contributed by atoms with E-state index in [2.05, 4.69) is 22.5 Å². The van der Waals surface area contributed by atoms with Crippen molar-refractivity contribution < 1.29 is 0 Å². The lowest BCUT2D eigenvalue weighted by Gasteiger charge is -2.03. The molecule has 2 aromatic rings. The Morgan fingerprint density at radius 2 is 2.00 bits per heavy atom. The topological polar surface area (TPSA) is 38.9 Å². The van der Waals surface area contributed by atoms with Gasteiger partial charge in [-0.25, -0.2) is 4.98 Å². The minimum atomic E-state index is 0.0613. The van der Waals surface area contributed by atoms with Crippen molar-refractivity contribution in [2.75, 3.05) is 0 Å². The van der Waals surface area contributed by atoms with Gasteiger partial charge in [0.1, 0.15) is 0 Å². The van der Waals surface area contributed by atoms with Crippen molar-refractivity contribution in [2.45, 2.75) is 24.8 Å². The molecule has 1 aromatic heterocycles. The zero-order chi connectivity index (χ0) is 11.0. The van der Waals surface area contributed by atoms with E-state index in [1.165, 1.54) is 10.6 Å². The maximum atomic E-state index is 6.09. The zero-order valence-electron chi connectivity index (χ0n) is 9.02. The molecular weight excluding hydrogens is 216 g/mol. The lowest BCUT2D eigenvalue weighted by molar-refractivity contribution is 0.669. The van der Waals surface area contributed by atoms with Crippen LogP contribution in [0.15, 0.2) is 35.7 Å². The largest absolute Gasteiger partial charge is 0.325 e. The minimum Gasteiger partial charge on any atom is -0.325 e. The summed E-state index contributed by atoms with van der Waals surface area (Å²) in [4.78, 5) is 4.64. The quantitative estimate of drug-likeness (QED) is 0.880. The second-order valence-electron chi connectivity index (χ2n) is 4.53. The first-order valence-corrected chi connectivity index (χ1v) is 6.42. The molecule has 82 valence electrons. The average molecular weight is 230 g/mol. The third-order valence-corrected chi connectivity index (χ3v) is 3.87. The predicted molar refractivity (Wildman–Crippen MR) is 67.4 cm³/mol. The Morgan fingerprint density at radius 1 is 1.25 bits per heavy atom. The molecule has 0 atom stereocenters. The minimum absolute atomic E-state index is 0.0613. The summed E-state index contributed by atoms with van der Waals surface area (Å²) in [6, 6.07) is 10.3. The van der Waals surface area contributed by atoms with Crippen LogP contribution in [0.2, 0.25) is 0 Å². The highest BCUT2D eigenvalue weighted by Gasteiger charge is 2.38. The summed E-state index contributed by atoms with van der Waals surface area (Å²) in [6.07, 6.45) is 3.23. The molecule has 2 nitrogen and oxygen atoms in total. The molecule has 0 spiro atoms. The number of benzene rings is 1. The molecule has 0 radical (unpaired) electrons. The molecule has 0 bridgehead atoms. The number of aromatic nitrogens is 1. The van der Waals surface area contributed by atoms with Crippen molar-refractivity contribution in [3.05, 3.63) is 40.7 Å². The van der Waals surface area contributed by atoms with E-state index >= 15 is 0 Å². The van der Waals surface area contributed by atoms with E-state index in [1.807, 2.05) is 18.2 Å². The van der Waals surface area contributed by atoms with Crippen LogP contribution in [0.1, 0.15) is 17.8 Å². The number of hydrogen-bond donors (Lipinski definition) is 1. The Balaban J connectivity index is 1.82. The van der Waals surface area contributed by atoms with Crippen LogP contribution in [-0.4, -0.2) is 10.5 Å². The number of thiazole rings is 1. The normalized spacial score (nSPS) is 17.3. The van der Waals surface area contributed by atoms with Gasteiger partial charge >= 0.3 is 0 Å². The Bertz CT molecular complexity index is 486. The van der Waals surface area contributed by atoms with Crippen LogP contribution in [-0.2, 0) is 6.42 Å². The van der Waals surface area contributed by atoms with Crippen molar-refractivity contribution in [3.63, 3.8) is 0 Å². The first-order valence-electron chi connectivity index (χ1n) is 5.54. The number of rotatable bonds is 3. The average Bonchev–Trinajstić information content (AvgIpc) is 2.86. The summed E-state index contributed by atoms with van der Waals surface area (Å²) >= 11 is 1.72. The van der Waals surface area contributed by atoms with Crippen LogP contribution < -0.4 is 5.73 Å². The monoisotopic (exact) mass is 230 g/mol. The van der Waals surface area contributed by atoms with E-state index in [4.69, 9.17) is 5.73 Å². The standard InChI is InChI=1S/C13H14N2S/c14-13(6-7-13)8-12-15-11(9-16-12)10-4-2-1-3-5-10/h1-5,9H,6-8,14H2. The lowest BCUT2D eigenvalue weighted by atomic mass is 10.2. The van der Waals surface area contributed by atoms with Crippen molar-refractivity contribution >= 4 is 11.3 Å². The van der Waals surface area contributed by atoms with E-state index in [0.717, 1.165) is 25.0 Å². The molecule has 0 saturated heterocycles. The second kappa shape index (κ2) is 3.68. The Hall–Kier alpha value is -1.19. The summed E-state index contributed by atoms with van der Waals surface area (Å²) in [5, 5.41) is 3.29. The van der Waals surface area contributed by atoms with E-state index in [-0.39, 0.29) is 5.54 Å². The fourth-order valence-corrected chi connectivity index (χ4v) is 2.73. The maximum absolute atomic E-state index is 6.09. The van der Waals surface area contributed by atoms with Gasteiger partial charge in [-0.3, -0.25) is 0 Å². The SMILES string of the molecule is NC1(Cc2nc(-c3ccccc3)cs2)CC1. The smallest absolute Gasteiger partial charge is 0.0950 e. The highest BCUT2D eigenvalue weighted by Crippen LogP contribution is 2.36. The summed E-state index contributed by atoms with van der Waals surface area (Å²) in [6.45, 7) is 0. The van der Waals surface area contributed by atoms with E-state index in [1.54, 1.807) is 11.3 Å². The van der Waals surface area contributed by atoms with Crippen LogP contribution >= 0.6 is 11.3 Å². The molecule has 0 aliphatic heterocycles. The fourth-order valence-electron chi connectivity index (χ4n) is 1.77. The Morgan fingerprint density at radius 3 is 2.69 bits per heavy atom. The van der Waals surface area contributed by atoms with Gasteiger partial charge in [-0.2, -0.15) is 0 Å². The molecule has 0 unspecified atom stereocenters. The van der Waals surface area contributed by atoms with Gasteiger partial charge in [-0.15, -0.1) is 11.3 Å². The Labute approximate surface area is 99.1 Å². The van der Waals surface area contributed by atoms with Gasteiger partial charge in [-0.05, 0) is 12.8 Å². The summed E-state index contributed by atoms with van der Waals surface area (Å²) in [7, 11) is 0. The molecule has 1 saturated carbocycles. The van der Waals surface area contributed by atoms with Gasteiger partial charge in [0.15, 0.2) is 0 Å². The maximum Gasteiger partial charge on any atom is 0.0950 e. The van der Waals surface area contributed by atoms with Crippen LogP contribution in [0.25, 0.3) is 11.3 Å². The summed E-state index contributed by atoms with van der Waals surface area (Å²) < 4.78 is 0. The van der Waals surface area contributed by atoms with E-state index < -0.39 is 0 Å². The van der Waals surface area contributed by atoms with Crippen LogP contribution in [0.5, 0.6) is 0 Å². The molecule has 1 aliphatic carbocycles. The predicted octanol–water partition coefficient (Wildman–Crippen LogP) is 2.84. The van der Waals surface area contributed by atoms with E-state index in [0.29, 0.717) is 0 Å². The molecule has 3 heteroatoms. The first kappa shape index (κ1) is 10.00. The van der Waals surface area contributed by atoms with Gasteiger partial charge in [0.25, 0.3) is 0 Å². The third-order valence-electron chi connectivity index (χ3n) is 3.02. The molecule has 1 aliphatic rings. The highest BCUT2D eigenvalue weighted by molar-refractivity contribution is 7.10. The molecule has 16 heavy (non-hydrogen) atoms. The van der Waals surface area contributed by atoms with Crippen LogP contribution in [0.4, 0.5) is 0 Å². The molecule has 3 rings (SSSR count). The van der Waals surface area contributed by atoms with Crippen molar-refractivity contribution in [3.8, 4) is 11.3 Å². The first-order chi connectivity index (χ1) is 7.75. The van der Waals surface area contributed by atoms with Crippen molar-refractivity contribution in [1.82, 2.24) is 4.98 Å². The van der Waals surface area contributed by atoms with Crippen LogP contribution in [0, 0.1) is 0 Å². The lowest BCUT2D eigenvalue weighted by Crippen LogP contribution is -2.24. The molecule has 0 amide bonds. The molecule has 1 aromatic carbocycles. The summed E-state index contributed by atoms with van der Waals surface area (Å²) in [5.41, 5.74) is 8.42. The number of nitrogens with two attached hydrogens (primary N) is 1. The van der Waals surface area contributed by atoms with Gasteiger partial charge in [0, 0.05) is 22.9 Å². The number of nitrogens with zero attached hydrogens (tertiary/aromatic N) is 1. The third kappa shape index (κ3) is 2.01. The second-order valence-corrected chi connectivity index (χ2v) is 5.47. The molecule has 1 heterocycles. The van der Waals surface area contributed by atoms with Crippen LogP contribution in [0.3, 0.4) is 0 Å². The number of hydrogen-bond acceptors (Lipinski definition) is 3. The highest BCUT2D eigenvalue weighted by atomic mass is 32.1. The molecular formula is C13H14N2S. The van der Waals surface area contributed by atoms with Gasteiger partial charge < -0.3 is 5.73 Å². The zero-order valence-corrected chi connectivity index (χ0v) is 9.83. The Kier molecular flexibility index (Phi) is 2.30. The van der Waals surface area contributed by atoms with Crippen molar-refractivity contribution in [1.29, 1.82) is 0 Å². The summed E-state index contributed by atoms with van der Waals surface area (Å²) in [5.74, 6) is 0. The molecule has 2 N–H and O–H groups in total. The van der Waals surface area contributed by atoms with Gasteiger partial charge in [0.05, 0.1) is 10.7 Å². The molecule has 1 fully saturated rings. The van der Waals surface area contributed by atoms with Gasteiger partial charge in [0.2, 0.25) is 0 Å².